The molecule has 0 aliphatic carbocycles. The molecule has 1 heterocycles. The zero-order valence-corrected chi connectivity index (χ0v) is 13.4. The second kappa shape index (κ2) is 6.64. The van der Waals surface area contributed by atoms with Crippen LogP contribution in [0.15, 0.2) is 0 Å². The fourth-order valence-electron chi connectivity index (χ4n) is 2.18. The number of carbonyl (C=O) groups is 2. The average Bonchev–Trinajstić information content (AvgIpc) is 2.28. The Morgan fingerprint density at radius 3 is 2.24 bits per heavy atom. The van der Waals surface area contributed by atoms with Gasteiger partial charge in [0.15, 0.2) is 0 Å². The van der Waals surface area contributed by atoms with E-state index in [-0.39, 0.29) is 23.8 Å². The maximum atomic E-state index is 11.6. The molecule has 7 nitrogen and oxygen atoms in total. The Kier molecular flexibility index (Phi) is 5.61. The molecule has 21 heavy (non-hydrogen) atoms. The number of carbonyl (C=O) groups excluding carboxylic acids is 1. The van der Waals surface area contributed by atoms with Crippen LogP contribution in [0.3, 0.4) is 0 Å². The van der Waals surface area contributed by atoms with Crippen molar-refractivity contribution in [2.75, 3.05) is 11.5 Å². The van der Waals surface area contributed by atoms with E-state index in [1.807, 2.05) is 0 Å². The molecular weight excluding hydrogens is 298 g/mol. The molecule has 122 valence electrons. The normalized spacial score (nSPS) is 20.5. The summed E-state index contributed by atoms with van der Waals surface area (Å²) in [4.78, 5) is 22.8. The van der Waals surface area contributed by atoms with E-state index in [0.29, 0.717) is 12.8 Å². The molecule has 0 spiro atoms. The highest BCUT2D eigenvalue weighted by Gasteiger charge is 2.30. The number of carboxylic acids is 1. The molecule has 1 aliphatic rings. The van der Waals surface area contributed by atoms with Crippen molar-refractivity contribution in [2.45, 2.75) is 51.7 Å². The maximum absolute atomic E-state index is 11.6. The summed E-state index contributed by atoms with van der Waals surface area (Å²) < 4.78 is 27.7. The van der Waals surface area contributed by atoms with E-state index < -0.39 is 33.5 Å². The summed E-state index contributed by atoms with van der Waals surface area (Å²) in [6.07, 6.45) is 0.298. The monoisotopic (exact) mass is 321 g/mol. The van der Waals surface area contributed by atoms with Gasteiger partial charge in [0.25, 0.3) is 0 Å². The molecule has 1 aliphatic heterocycles. The Morgan fingerprint density at radius 2 is 1.81 bits per heavy atom. The van der Waals surface area contributed by atoms with Crippen LogP contribution in [0, 0.1) is 5.92 Å². The van der Waals surface area contributed by atoms with Gasteiger partial charge >= 0.3 is 12.1 Å². The first-order valence-corrected chi connectivity index (χ1v) is 8.73. The van der Waals surface area contributed by atoms with Gasteiger partial charge in [-0.25, -0.2) is 18.0 Å². The number of hydrogen-bond donors (Lipinski definition) is 2. The molecule has 0 aromatic heterocycles. The van der Waals surface area contributed by atoms with Crippen LogP contribution < -0.4 is 5.32 Å². The fourth-order valence-corrected chi connectivity index (χ4v) is 3.77. The van der Waals surface area contributed by atoms with E-state index in [1.165, 1.54) is 0 Å². The van der Waals surface area contributed by atoms with Crippen LogP contribution in [0.1, 0.15) is 40.0 Å². The Bertz CT molecular complexity index is 479. The van der Waals surface area contributed by atoms with Crippen molar-refractivity contribution < 1.29 is 27.9 Å². The minimum atomic E-state index is -2.98. The second-order valence-electron chi connectivity index (χ2n) is 6.37. The number of aliphatic carboxylic acids is 1. The molecule has 1 fully saturated rings. The molecule has 0 saturated carbocycles. The maximum Gasteiger partial charge on any atom is 0.408 e. The molecule has 1 atom stereocenters. The molecule has 8 heteroatoms. The summed E-state index contributed by atoms with van der Waals surface area (Å²) in [5, 5.41) is 11.5. The standard InChI is InChI=1S/C13H23NO6S/c1-13(2,3)20-12(17)14-10(11(15)16)8-9-4-6-21(18,19)7-5-9/h9-10H,4-8H2,1-3H3,(H,14,17)(H,15,16)/t10-/m1/s1. The van der Waals surface area contributed by atoms with E-state index in [0.717, 1.165) is 0 Å². The van der Waals surface area contributed by atoms with Gasteiger partial charge in [-0.1, -0.05) is 0 Å². The van der Waals surface area contributed by atoms with Crippen molar-refractivity contribution >= 4 is 21.9 Å². The molecule has 0 bridgehead atoms. The minimum Gasteiger partial charge on any atom is -0.480 e. The molecule has 2 N–H and O–H groups in total. The first kappa shape index (κ1) is 17.7. The van der Waals surface area contributed by atoms with Gasteiger partial charge in [0, 0.05) is 0 Å². The highest BCUT2D eigenvalue weighted by molar-refractivity contribution is 7.91. The van der Waals surface area contributed by atoms with Crippen LogP contribution in [0.25, 0.3) is 0 Å². The Balaban J connectivity index is 2.55. The average molecular weight is 321 g/mol. The third kappa shape index (κ3) is 6.79. The van der Waals surface area contributed by atoms with Crippen LogP contribution >= 0.6 is 0 Å². The van der Waals surface area contributed by atoms with Crippen LogP contribution in [0.2, 0.25) is 0 Å². The number of hydrogen-bond acceptors (Lipinski definition) is 5. The molecule has 1 rings (SSSR count). The predicted octanol–water partition coefficient (Wildman–Crippen LogP) is 1.18. The molecule has 0 unspecified atom stereocenters. The summed E-state index contributed by atoms with van der Waals surface area (Å²) in [7, 11) is -2.98. The largest absolute Gasteiger partial charge is 0.480 e. The van der Waals surface area contributed by atoms with Gasteiger partial charge in [-0.3, -0.25) is 0 Å². The summed E-state index contributed by atoms with van der Waals surface area (Å²) in [5.74, 6) is -1.01. The lowest BCUT2D eigenvalue weighted by atomic mass is 9.94. The lowest BCUT2D eigenvalue weighted by Gasteiger charge is -2.26. The van der Waals surface area contributed by atoms with Gasteiger partial charge in [-0.05, 0) is 46.0 Å². The number of ether oxygens (including phenoxy) is 1. The van der Waals surface area contributed by atoms with Crippen LogP contribution in [-0.2, 0) is 19.4 Å². The number of carboxylic acid groups (broad SMARTS) is 1. The lowest BCUT2D eigenvalue weighted by Crippen LogP contribution is -2.45. The molecule has 0 aromatic rings. The van der Waals surface area contributed by atoms with E-state index >= 15 is 0 Å². The highest BCUT2D eigenvalue weighted by atomic mass is 32.2. The van der Waals surface area contributed by atoms with Gasteiger partial charge in [0.1, 0.15) is 21.5 Å². The number of rotatable bonds is 4. The minimum absolute atomic E-state index is 0.0236. The quantitative estimate of drug-likeness (QED) is 0.804. The first-order valence-electron chi connectivity index (χ1n) is 6.91. The summed E-state index contributed by atoms with van der Waals surface area (Å²) in [6, 6.07) is -1.06. The fraction of sp³-hybridized carbons (Fsp3) is 0.846. The van der Waals surface area contributed by atoms with Crippen molar-refractivity contribution in [3.8, 4) is 0 Å². The van der Waals surface area contributed by atoms with E-state index in [9.17, 15) is 18.0 Å². The summed E-state index contributed by atoms with van der Waals surface area (Å²) in [5.41, 5.74) is -0.702. The van der Waals surface area contributed by atoms with E-state index in [1.54, 1.807) is 20.8 Å². The van der Waals surface area contributed by atoms with Crippen LogP contribution in [0.5, 0.6) is 0 Å². The van der Waals surface area contributed by atoms with Gasteiger partial charge in [-0.15, -0.1) is 0 Å². The van der Waals surface area contributed by atoms with Crippen molar-refractivity contribution in [3.05, 3.63) is 0 Å². The Hall–Kier alpha value is -1.31. The highest BCUT2D eigenvalue weighted by Crippen LogP contribution is 2.23. The Morgan fingerprint density at radius 1 is 1.29 bits per heavy atom. The molecule has 1 amide bonds. The molecule has 1 saturated heterocycles. The SMILES string of the molecule is CC(C)(C)OC(=O)N[C@H](CC1CCS(=O)(=O)CC1)C(=O)O. The summed E-state index contributed by atoms with van der Waals surface area (Å²) >= 11 is 0. The van der Waals surface area contributed by atoms with Crippen LogP contribution in [-0.4, -0.2) is 48.7 Å². The zero-order chi connectivity index (χ0) is 16.3. The van der Waals surface area contributed by atoms with Crippen molar-refractivity contribution in [1.29, 1.82) is 0 Å². The van der Waals surface area contributed by atoms with Crippen molar-refractivity contribution in [2.24, 2.45) is 5.92 Å². The first-order chi connectivity index (χ1) is 9.48. The van der Waals surface area contributed by atoms with Crippen molar-refractivity contribution in [3.63, 3.8) is 0 Å². The Labute approximate surface area is 125 Å². The number of alkyl carbamates (subject to hydrolysis) is 1. The van der Waals surface area contributed by atoms with E-state index in [4.69, 9.17) is 9.84 Å². The third-order valence-corrected chi connectivity index (χ3v) is 4.95. The summed E-state index contributed by atoms with van der Waals surface area (Å²) in [6.45, 7) is 5.07. The molecular formula is C13H23NO6S. The van der Waals surface area contributed by atoms with Crippen LogP contribution in [0.4, 0.5) is 4.79 Å². The smallest absolute Gasteiger partial charge is 0.408 e. The number of amides is 1. The number of sulfone groups is 1. The topological polar surface area (TPSA) is 110 Å². The van der Waals surface area contributed by atoms with Gasteiger partial charge in [0.05, 0.1) is 11.5 Å². The number of nitrogens with one attached hydrogen (secondary N) is 1. The zero-order valence-electron chi connectivity index (χ0n) is 12.6. The van der Waals surface area contributed by atoms with Gasteiger partial charge in [0.2, 0.25) is 0 Å². The van der Waals surface area contributed by atoms with E-state index in [2.05, 4.69) is 5.32 Å². The molecule has 0 aromatic carbocycles. The van der Waals surface area contributed by atoms with Gasteiger partial charge < -0.3 is 15.2 Å². The lowest BCUT2D eigenvalue weighted by molar-refractivity contribution is -0.140. The predicted molar refractivity (Wildman–Crippen MR) is 76.8 cm³/mol. The second-order valence-corrected chi connectivity index (χ2v) is 8.67. The van der Waals surface area contributed by atoms with Crippen molar-refractivity contribution in [1.82, 2.24) is 5.32 Å². The molecule has 0 radical (unpaired) electrons. The third-order valence-electron chi connectivity index (χ3n) is 3.23. The van der Waals surface area contributed by atoms with Gasteiger partial charge in [-0.2, -0.15) is 0 Å².